The maximum absolute atomic E-state index is 11.0. The monoisotopic (exact) mass is 225 g/mol. The highest BCUT2D eigenvalue weighted by Crippen LogP contribution is 2.26. The van der Waals surface area contributed by atoms with E-state index < -0.39 is 0 Å². The number of rotatable bonds is 1. The maximum atomic E-state index is 11.0. The molecule has 0 heterocycles. The lowest BCUT2D eigenvalue weighted by atomic mass is 9.86. The van der Waals surface area contributed by atoms with Crippen molar-refractivity contribution in [2.24, 2.45) is 0 Å². The Morgan fingerprint density at radius 3 is 1.53 bits per heavy atom. The van der Waals surface area contributed by atoms with E-state index in [0.29, 0.717) is 0 Å². The van der Waals surface area contributed by atoms with Gasteiger partial charge in [-0.1, -0.05) is 57.2 Å². The lowest BCUT2D eigenvalue weighted by Gasteiger charge is -2.19. The average Bonchev–Trinajstić information content (AvgIpc) is 2.29. The molecule has 2 aromatic rings. The fourth-order valence-electron chi connectivity index (χ4n) is 1.81. The van der Waals surface area contributed by atoms with Crippen LogP contribution in [-0.2, 0) is 10.5 Å². The Hall–Kier alpha value is -1.76. The second-order valence-electron chi connectivity index (χ2n) is 5.35. The van der Waals surface area contributed by atoms with Gasteiger partial charge in [0.1, 0.15) is 0 Å². The van der Waals surface area contributed by atoms with Gasteiger partial charge in [-0.05, 0) is 34.2 Å². The number of hydrogen-bond donors (Lipinski definition) is 0. The lowest BCUT2D eigenvalue weighted by molar-refractivity contribution is 0.355. The first-order chi connectivity index (χ1) is 7.97. The van der Waals surface area contributed by atoms with Crippen LogP contribution in [0.5, 0.6) is 5.75 Å². The van der Waals surface area contributed by atoms with E-state index in [-0.39, 0.29) is 11.2 Å². The van der Waals surface area contributed by atoms with E-state index in [0.717, 1.165) is 11.1 Å². The molecule has 0 bridgehead atoms. The van der Waals surface area contributed by atoms with Crippen LogP contribution < -0.4 is 0 Å². The summed E-state index contributed by atoms with van der Waals surface area (Å²) in [4.78, 5) is 0. The Morgan fingerprint density at radius 1 is 0.706 bits per heavy atom. The van der Waals surface area contributed by atoms with Gasteiger partial charge < -0.3 is 0 Å². The summed E-state index contributed by atoms with van der Waals surface area (Å²) >= 11 is 0. The summed E-state index contributed by atoms with van der Waals surface area (Å²) < 4.78 is 0. The van der Waals surface area contributed by atoms with Gasteiger partial charge in [0.2, 0.25) is 0 Å². The van der Waals surface area contributed by atoms with Crippen molar-refractivity contribution in [1.82, 2.24) is 0 Å². The van der Waals surface area contributed by atoms with Crippen LogP contribution in [0.25, 0.3) is 11.1 Å². The normalized spacial score (nSPS) is 11.5. The fourth-order valence-corrected chi connectivity index (χ4v) is 1.81. The molecule has 0 amide bonds. The summed E-state index contributed by atoms with van der Waals surface area (Å²) in [6.45, 7) is 6.61. The predicted octanol–water partition coefficient (Wildman–Crippen LogP) is 4.79. The number of benzene rings is 2. The Balaban J connectivity index is 2.33. The molecule has 1 heteroatoms. The molecule has 0 fully saturated rings. The second-order valence-corrected chi connectivity index (χ2v) is 5.35. The van der Waals surface area contributed by atoms with Gasteiger partial charge in [-0.3, -0.25) is 5.11 Å². The zero-order valence-corrected chi connectivity index (χ0v) is 10.5. The van der Waals surface area contributed by atoms with Gasteiger partial charge in [0.05, 0.1) is 0 Å². The van der Waals surface area contributed by atoms with E-state index in [1.807, 2.05) is 12.1 Å². The third-order valence-electron chi connectivity index (χ3n) is 2.94. The van der Waals surface area contributed by atoms with Gasteiger partial charge in [0.15, 0.2) is 5.75 Å². The minimum Gasteiger partial charge on any atom is -0.290 e. The van der Waals surface area contributed by atoms with Crippen molar-refractivity contribution in [3.05, 3.63) is 54.1 Å². The van der Waals surface area contributed by atoms with Gasteiger partial charge in [-0.25, -0.2) is 0 Å². The lowest BCUT2D eigenvalue weighted by Crippen LogP contribution is -2.10. The highest BCUT2D eigenvalue weighted by Gasteiger charge is 2.12. The smallest absolute Gasteiger partial charge is 0.178 e. The average molecular weight is 225 g/mol. The molecule has 2 rings (SSSR count). The zero-order valence-electron chi connectivity index (χ0n) is 10.5. The zero-order chi connectivity index (χ0) is 12.5. The minimum absolute atomic E-state index is 0.0556. The molecule has 1 nitrogen and oxygen atoms in total. The van der Waals surface area contributed by atoms with E-state index in [1.165, 1.54) is 5.56 Å². The molecule has 0 saturated carbocycles. The van der Waals surface area contributed by atoms with E-state index in [4.69, 9.17) is 0 Å². The quantitative estimate of drug-likeness (QED) is 0.664. The van der Waals surface area contributed by atoms with E-state index >= 15 is 0 Å². The molecular formula is C16H17O. The Bertz CT molecular complexity index is 487. The van der Waals surface area contributed by atoms with Crippen LogP contribution in [0, 0.1) is 0 Å². The van der Waals surface area contributed by atoms with Crippen molar-refractivity contribution in [2.75, 3.05) is 0 Å². The molecule has 1 radical (unpaired) electrons. The molecule has 0 aliphatic carbocycles. The van der Waals surface area contributed by atoms with Gasteiger partial charge in [0.25, 0.3) is 0 Å². The molecule has 0 aliphatic heterocycles. The van der Waals surface area contributed by atoms with Crippen molar-refractivity contribution in [3.8, 4) is 16.9 Å². The van der Waals surface area contributed by atoms with Crippen molar-refractivity contribution in [3.63, 3.8) is 0 Å². The third-order valence-corrected chi connectivity index (χ3v) is 2.94. The molecule has 0 aliphatic rings. The highest BCUT2D eigenvalue weighted by molar-refractivity contribution is 5.64. The van der Waals surface area contributed by atoms with Crippen molar-refractivity contribution in [2.45, 2.75) is 26.2 Å². The topological polar surface area (TPSA) is 19.9 Å². The molecule has 87 valence electrons. The molecule has 0 unspecified atom stereocenters. The maximum Gasteiger partial charge on any atom is 0.178 e. The van der Waals surface area contributed by atoms with Crippen LogP contribution in [0.2, 0.25) is 0 Å². The third kappa shape index (κ3) is 2.68. The summed E-state index contributed by atoms with van der Waals surface area (Å²) in [6.07, 6.45) is 0. The molecular weight excluding hydrogens is 208 g/mol. The van der Waals surface area contributed by atoms with Crippen molar-refractivity contribution < 1.29 is 5.11 Å². The van der Waals surface area contributed by atoms with Crippen molar-refractivity contribution >= 4 is 0 Å². The van der Waals surface area contributed by atoms with Crippen molar-refractivity contribution in [1.29, 1.82) is 0 Å². The summed E-state index contributed by atoms with van der Waals surface area (Å²) in [5.41, 5.74) is 3.74. The van der Waals surface area contributed by atoms with Gasteiger partial charge >= 0.3 is 0 Å². The standard InChI is InChI=1S/C16H17O/c1-16(2,3)14-8-4-12(5-9-14)13-6-10-15(17)11-7-13/h4-11H,1-3H3. The van der Waals surface area contributed by atoms with Gasteiger partial charge in [0, 0.05) is 0 Å². The molecule has 0 N–H and O–H groups in total. The summed E-state index contributed by atoms with van der Waals surface area (Å²) in [6, 6.07) is 15.5. The van der Waals surface area contributed by atoms with Crippen LogP contribution in [-0.4, -0.2) is 0 Å². The Labute approximate surface area is 103 Å². The summed E-state index contributed by atoms with van der Waals surface area (Å²) in [7, 11) is 0. The van der Waals surface area contributed by atoms with E-state index in [9.17, 15) is 5.11 Å². The molecule has 2 aromatic carbocycles. The Morgan fingerprint density at radius 2 is 1.12 bits per heavy atom. The second kappa shape index (κ2) is 4.25. The van der Waals surface area contributed by atoms with E-state index in [1.54, 1.807) is 12.1 Å². The fraction of sp³-hybridized carbons (Fsp3) is 0.250. The summed E-state index contributed by atoms with van der Waals surface area (Å²) in [5.74, 6) is 0.0556. The highest BCUT2D eigenvalue weighted by atomic mass is 16.3. The first kappa shape index (κ1) is 11.7. The van der Waals surface area contributed by atoms with Gasteiger partial charge in [-0.2, -0.15) is 0 Å². The SMILES string of the molecule is CC(C)(C)c1ccc(-c2ccc([O])cc2)cc1. The Kier molecular flexibility index (Phi) is 2.93. The largest absolute Gasteiger partial charge is 0.290 e. The minimum atomic E-state index is 0.0556. The first-order valence-corrected chi connectivity index (χ1v) is 5.85. The van der Waals surface area contributed by atoms with Crippen LogP contribution in [0.3, 0.4) is 0 Å². The molecule has 0 aromatic heterocycles. The number of hydrogen-bond acceptors (Lipinski definition) is 0. The van der Waals surface area contributed by atoms with Crippen LogP contribution >= 0.6 is 0 Å². The van der Waals surface area contributed by atoms with Gasteiger partial charge in [-0.15, -0.1) is 0 Å². The van der Waals surface area contributed by atoms with Crippen LogP contribution in [0.4, 0.5) is 0 Å². The molecule has 17 heavy (non-hydrogen) atoms. The molecule has 0 spiro atoms. The molecule has 0 atom stereocenters. The van der Waals surface area contributed by atoms with Crippen LogP contribution in [0.15, 0.2) is 48.5 Å². The molecule has 0 saturated heterocycles. The summed E-state index contributed by atoms with van der Waals surface area (Å²) in [5, 5.41) is 11.0. The predicted molar refractivity (Wildman–Crippen MR) is 70.7 cm³/mol. The van der Waals surface area contributed by atoms with Crippen LogP contribution in [0.1, 0.15) is 26.3 Å². The van der Waals surface area contributed by atoms with E-state index in [2.05, 4.69) is 45.0 Å². The first-order valence-electron chi connectivity index (χ1n) is 5.85.